The molecule has 0 aromatic heterocycles. The van der Waals surface area contributed by atoms with Crippen LogP contribution in [0.3, 0.4) is 0 Å². The number of aliphatic hydroxyl groups is 1. The van der Waals surface area contributed by atoms with Crippen molar-refractivity contribution in [2.24, 2.45) is 0 Å². The van der Waals surface area contributed by atoms with E-state index < -0.39 is 17.4 Å². The predicted octanol–water partition coefficient (Wildman–Crippen LogP) is 1.42. The van der Waals surface area contributed by atoms with Crippen LogP contribution in [-0.2, 0) is 15.2 Å². The molecule has 2 amide bonds. The van der Waals surface area contributed by atoms with Gasteiger partial charge in [-0.25, -0.2) is 0 Å². The Balaban J connectivity index is 1.62. The molecule has 0 aliphatic carbocycles. The highest BCUT2D eigenvalue weighted by atomic mass is 16.5. The number of para-hydroxylation sites is 1. The van der Waals surface area contributed by atoms with Crippen molar-refractivity contribution in [2.45, 2.75) is 12.0 Å². The Hall–Kier alpha value is -3.06. The van der Waals surface area contributed by atoms with E-state index in [2.05, 4.69) is 10.6 Å². The van der Waals surface area contributed by atoms with Crippen LogP contribution in [0.4, 0.5) is 5.69 Å². The molecular formula is C19H20N2O5. The zero-order valence-electron chi connectivity index (χ0n) is 14.3. The van der Waals surface area contributed by atoms with Crippen molar-refractivity contribution < 1.29 is 24.2 Å². The number of hydrogen-bond donors (Lipinski definition) is 3. The highest BCUT2D eigenvalue weighted by molar-refractivity contribution is 6.39. The molecule has 7 nitrogen and oxygen atoms in total. The molecule has 1 aliphatic heterocycles. The highest BCUT2D eigenvalue weighted by Gasteiger charge is 2.36. The smallest absolute Gasteiger partial charge is 0.313 e. The molecule has 7 heteroatoms. The number of nitrogens with one attached hydrogen (secondary N) is 2. The quantitative estimate of drug-likeness (QED) is 0.720. The van der Waals surface area contributed by atoms with Gasteiger partial charge in [-0.3, -0.25) is 9.59 Å². The first kappa shape index (κ1) is 17.8. The molecule has 0 spiro atoms. The van der Waals surface area contributed by atoms with Crippen molar-refractivity contribution in [2.75, 3.05) is 25.6 Å². The molecule has 3 rings (SSSR count). The number of carbonyl (C=O) groups excluding carboxylic acids is 2. The Morgan fingerprint density at radius 3 is 2.81 bits per heavy atom. The van der Waals surface area contributed by atoms with Crippen molar-refractivity contribution in [3.05, 3.63) is 54.1 Å². The summed E-state index contributed by atoms with van der Waals surface area (Å²) < 4.78 is 10.6. The normalized spacial score (nSPS) is 18.2. The first-order chi connectivity index (χ1) is 12.5. The van der Waals surface area contributed by atoms with Gasteiger partial charge in [-0.2, -0.15) is 0 Å². The summed E-state index contributed by atoms with van der Waals surface area (Å²) in [5.74, 6) is -0.500. The molecule has 3 N–H and O–H groups in total. The Morgan fingerprint density at radius 2 is 2.00 bits per heavy atom. The maximum Gasteiger partial charge on any atom is 0.313 e. The highest BCUT2D eigenvalue weighted by Crippen LogP contribution is 2.36. The van der Waals surface area contributed by atoms with E-state index >= 15 is 0 Å². The number of ether oxygens (including phenoxy) is 2. The van der Waals surface area contributed by atoms with E-state index in [0.29, 0.717) is 35.8 Å². The first-order valence-electron chi connectivity index (χ1n) is 8.20. The summed E-state index contributed by atoms with van der Waals surface area (Å²) >= 11 is 0. The van der Waals surface area contributed by atoms with E-state index in [1.54, 1.807) is 42.5 Å². The monoisotopic (exact) mass is 356 g/mol. The largest absolute Gasteiger partial charge is 0.497 e. The van der Waals surface area contributed by atoms with Gasteiger partial charge < -0.3 is 25.2 Å². The molecule has 0 saturated carbocycles. The van der Waals surface area contributed by atoms with Gasteiger partial charge in [0, 0.05) is 23.7 Å². The average molecular weight is 356 g/mol. The topological polar surface area (TPSA) is 96.9 Å². The molecule has 0 bridgehead atoms. The first-order valence-corrected chi connectivity index (χ1v) is 8.20. The van der Waals surface area contributed by atoms with Crippen LogP contribution in [0.25, 0.3) is 0 Å². The maximum absolute atomic E-state index is 12.1. The van der Waals surface area contributed by atoms with E-state index in [1.165, 1.54) is 7.11 Å². The van der Waals surface area contributed by atoms with Crippen LogP contribution in [-0.4, -0.2) is 37.2 Å². The van der Waals surface area contributed by atoms with Crippen molar-refractivity contribution in [3.63, 3.8) is 0 Å². The molecule has 1 aliphatic rings. The number of fused-ring (bicyclic) bond motifs is 1. The second kappa shape index (κ2) is 7.45. The van der Waals surface area contributed by atoms with Gasteiger partial charge in [0.05, 0.1) is 20.3 Å². The number of hydrogen-bond acceptors (Lipinski definition) is 5. The van der Waals surface area contributed by atoms with Crippen LogP contribution in [0.15, 0.2) is 48.5 Å². The molecule has 0 saturated heterocycles. The number of amides is 2. The fourth-order valence-corrected chi connectivity index (χ4v) is 2.82. The van der Waals surface area contributed by atoms with Crippen molar-refractivity contribution in [3.8, 4) is 11.5 Å². The van der Waals surface area contributed by atoms with E-state index in [-0.39, 0.29) is 6.54 Å². The van der Waals surface area contributed by atoms with Gasteiger partial charge in [-0.05, 0) is 18.2 Å². The van der Waals surface area contributed by atoms with E-state index in [1.807, 2.05) is 6.07 Å². The Morgan fingerprint density at radius 1 is 1.19 bits per heavy atom. The third kappa shape index (κ3) is 3.78. The summed E-state index contributed by atoms with van der Waals surface area (Å²) in [6.45, 7) is 0.247. The van der Waals surface area contributed by atoms with Crippen molar-refractivity contribution in [1.29, 1.82) is 0 Å². The molecule has 1 heterocycles. The third-order valence-electron chi connectivity index (χ3n) is 4.24. The molecule has 2 aromatic carbocycles. The van der Waals surface area contributed by atoms with Gasteiger partial charge >= 0.3 is 11.8 Å². The number of anilines is 1. The van der Waals surface area contributed by atoms with Crippen molar-refractivity contribution >= 4 is 17.5 Å². The van der Waals surface area contributed by atoms with Gasteiger partial charge in [-0.1, -0.05) is 24.3 Å². The molecular weight excluding hydrogens is 336 g/mol. The number of carbonyl (C=O) groups is 2. The number of benzene rings is 2. The van der Waals surface area contributed by atoms with Gasteiger partial charge in [0.2, 0.25) is 0 Å². The van der Waals surface area contributed by atoms with E-state index in [0.717, 1.165) is 0 Å². The summed E-state index contributed by atoms with van der Waals surface area (Å²) in [6.07, 6.45) is 0.321. The molecule has 1 unspecified atom stereocenters. The summed E-state index contributed by atoms with van der Waals surface area (Å²) in [6, 6.07) is 13.8. The number of methoxy groups -OCH3 is 1. The summed E-state index contributed by atoms with van der Waals surface area (Å²) in [5, 5.41) is 15.9. The van der Waals surface area contributed by atoms with Crippen LogP contribution >= 0.6 is 0 Å². The molecule has 2 aromatic rings. The zero-order valence-corrected chi connectivity index (χ0v) is 14.3. The fourth-order valence-electron chi connectivity index (χ4n) is 2.82. The second-order valence-electron chi connectivity index (χ2n) is 5.99. The SMILES string of the molecule is COc1cccc(NC(=O)C(=O)NCC2(O)CCOc3ccccc32)c1. The minimum Gasteiger partial charge on any atom is -0.497 e. The summed E-state index contributed by atoms with van der Waals surface area (Å²) in [7, 11) is 1.51. The fraction of sp³-hybridized carbons (Fsp3) is 0.263. The van der Waals surface area contributed by atoms with Gasteiger partial charge in [0.1, 0.15) is 17.1 Å². The number of rotatable bonds is 4. The molecule has 26 heavy (non-hydrogen) atoms. The average Bonchev–Trinajstić information content (AvgIpc) is 2.66. The van der Waals surface area contributed by atoms with Crippen LogP contribution in [0.2, 0.25) is 0 Å². The van der Waals surface area contributed by atoms with E-state index in [4.69, 9.17) is 9.47 Å². The second-order valence-corrected chi connectivity index (χ2v) is 5.99. The van der Waals surface area contributed by atoms with Crippen LogP contribution in [0.5, 0.6) is 11.5 Å². The van der Waals surface area contributed by atoms with Crippen LogP contribution in [0, 0.1) is 0 Å². The molecule has 0 fully saturated rings. The molecule has 136 valence electrons. The standard InChI is InChI=1S/C19H20N2O5/c1-25-14-6-4-5-13(11-14)21-18(23)17(22)20-12-19(24)9-10-26-16-8-3-2-7-15(16)19/h2-8,11,24H,9-10,12H2,1H3,(H,20,22)(H,21,23). The Labute approximate surface area is 150 Å². The van der Waals surface area contributed by atoms with Gasteiger partial charge in [-0.15, -0.1) is 0 Å². The maximum atomic E-state index is 12.1. The summed E-state index contributed by atoms with van der Waals surface area (Å²) in [5.41, 5.74) is -0.236. The van der Waals surface area contributed by atoms with Crippen LogP contribution in [0.1, 0.15) is 12.0 Å². The lowest BCUT2D eigenvalue weighted by Crippen LogP contribution is -2.46. The molecule has 1 atom stereocenters. The van der Waals surface area contributed by atoms with Gasteiger partial charge in [0.25, 0.3) is 0 Å². The lowest BCUT2D eigenvalue weighted by molar-refractivity contribution is -0.137. The molecule has 0 radical (unpaired) electrons. The van der Waals surface area contributed by atoms with E-state index in [9.17, 15) is 14.7 Å². The zero-order chi connectivity index (χ0) is 18.6. The third-order valence-corrected chi connectivity index (χ3v) is 4.24. The minimum absolute atomic E-state index is 0.0856. The Bertz CT molecular complexity index is 823. The van der Waals surface area contributed by atoms with Gasteiger partial charge in [0.15, 0.2) is 0 Å². The Kier molecular flexibility index (Phi) is 5.09. The van der Waals surface area contributed by atoms with Crippen LogP contribution < -0.4 is 20.1 Å². The van der Waals surface area contributed by atoms with Crippen molar-refractivity contribution in [1.82, 2.24) is 5.32 Å². The lowest BCUT2D eigenvalue weighted by atomic mass is 9.88. The minimum atomic E-state index is -1.28. The predicted molar refractivity (Wildman–Crippen MR) is 95.1 cm³/mol. The lowest BCUT2D eigenvalue weighted by Gasteiger charge is -2.34. The summed E-state index contributed by atoms with van der Waals surface area (Å²) in [4.78, 5) is 24.2.